The molecule has 3 heteroatoms. The number of carbonyl (C=O) groups excluding carboxylic acids is 1. The Morgan fingerprint density at radius 2 is 2.21 bits per heavy atom. The molecule has 0 aliphatic carbocycles. The second-order valence-corrected chi connectivity index (χ2v) is 5.30. The van der Waals surface area contributed by atoms with Gasteiger partial charge < -0.3 is 10.6 Å². The lowest BCUT2D eigenvalue weighted by atomic mass is 9.92. The number of rotatable bonds is 3. The molecule has 1 amide bonds. The molecule has 1 saturated heterocycles. The summed E-state index contributed by atoms with van der Waals surface area (Å²) in [5, 5.41) is 6.36. The first-order valence-electron chi connectivity index (χ1n) is 5.47. The van der Waals surface area contributed by atoms with Crippen LogP contribution in [0.25, 0.3) is 0 Å². The minimum atomic E-state index is 0.193. The molecule has 0 saturated carbocycles. The Balaban J connectivity index is 2.10. The molecule has 0 aromatic carbocycles. The van der Waals surface area contributed by atoms with Gasteiger partial charge in [-0.3, -0.25) is 4.79 Å². The number of carbonyl (C=O) groups is 1. The van der Waals surface area contributed by atoms with Gasteiger partial charge in [0.05, 0.1) is 0 Å². The van der Waals surface area contributed by atoms with Gasteiger partial charge in [-0.1, -0.05) is 20.8 Å². The highest BCUT2D eigenvalue weighted by atomic mass is 16.1. The molecule has 0 radical (unpaired) electrons. The van der Waals surface area contributed by atoms with Crippen molar-refractivity contribution < 1.29 is 4.79 Å². The Kier molecular flexibility index (Phi) is 3.93. The van der Waals surface area contributed by atoms with Crippen LogP contribution in [0.3, 0.4) is 0 Å². The number of hydrogen-bond acceptors (Lipinski definition) is 2. The van der Waals surface area contributed by atoms with Gasteiger partial charge in [0.15, 0.2) is 0 Å². The van der Waals surface area contributed by atoms with Crippen LogP contribution < -0.4 is 10.6 Å². The van der Waals surface area contributed by atoms with Crippen LogP contribution in [0.1, 0.15) is 40.0 Å². The van der Waals surface area contributed by atoms with E-state index in [9.17, 15) is 4.79 Å². The first kappa shape index (κ1) is 11.5. The molecule has 1 aliphatic heterocycles. The van der Waals surface area contributed by atoms with Crippen molar-refractivity contribution in [1.29, 1.82) is 0 Å². The first-order valence-corrected chi connectivity index (χ1v) is 5.47. The third-order valence-electron chi connectivity index (χ3n) is 2.57. The van der Waals surface area contributed by atoms with Crippen molar-refractivity contribution in [2.45, 2.75) is 46.1 Å². The summed E-state index contributed by atoms with van der Waals surface area (Å²) in [6, 6.07) is 0.482. The molecule has 82 valence electrons. The number of hydrogen-bond donors (Lipinski definition) is 2. The van der Waals surface area contributed by atoms with Crippen molar-refractivity contribution >= 4 is 5.91 Å². The molecule has 0 spiro atoms. The molecule has 0 aromatic rings. The van der Waals surface area contributed by atoms with Crippen LogP contribution >= 0.6 is 0 Å². The number of amides is 1. The van der Waals surface area contributed by atoms with E-state index >= 15 is 0 Å². The lowest BCUT2D eigenvalue weighted by Crippen LogP contribution is -2.46. The second-order valence-electron chi connectivity index (χ2n) is 5.30. The lowest BCUT2D eigenvalue weighted by Gasteiger charge is -2.25. The van der Waals surface area contributed by atoms with E-state index in [4.69, 9.17) is 0 Å². The Morgan fingerprint density at radius 3 is 2.71 bits per heavy atom. The Labute approximate surface area is 86.6 Å². The van der Waals surface area contributed by atoms with Crippen LogP contribution in [-0.4, -0.2) is 25.0 Å². The van der Waals surface area contributed by atoms with Gasteiger partial charge in [-0.05, 0) is 24.8 Å². The van der Waals surface area contributed by atoms with E-state index in [2.05, 4.69) is 31.4 Å². The predicted molar refractivity (Wildman–Crippen MR) is 58.1 cm³/mol. The van der Waals surface area contributed by atoms with Crippen LogP contribution in [0.15, 0.2) is 0 Å². The third-order valence-corrected chi connectivity index (χ3v) is 2.57. The van der Waals surface area contributed by atoms with Crippen molar-refractivity contribution in [2.24, 2.45) is 5.41 Å². The Hall–Kier alpha value is -0.570. The highest BCUT2D eigenvalue weighted by Crippen LogP contribution is 2.17. The average Bonchev–Trinajstić information content (AvgIpc) is 2.06. The van der Waals surface area contributed by atoms with E-state index in [0.717, 1.165) is 19.5 Å². The van der Waals surface area contributed by atoms with Crippen LogP contribution in [0.2, 0.25) is 0 Å². The molecular weight excluding hydrogens is 176 g/mol. The third kappa shape index (κ3) is 4.61. The van der Waals surface area contributed by atoms with Crippen molar-refractivity contribution in [2.75, 3.05) is 13.1 Å². The molecule has 1 atom stereocenters. The zero-order chi connectivity index (χ0) is 10.6. The van der Waals surface area contributed by atoms with Crippen LogP contribution in [0, 0.1) is 5.41 Å². The molecule has 1 fully saturated rings. The zero-order valence-electron chi connectivity index (χ0n) is 9.52. The van der Waals surface area contributed by atoms with Gasteiger partial charge in [-0.15, -0.1) is 0 Å². The van der Waals surface area contributed by atoms with Crippen LogP contribution in [0.5, 0.6) is 0 Å². The molecular formula is C11H22N2O. The first-order chi connectivity index (χ1) is 6.47. The summed E-state index contributed by atoms with van der Waals surface area (Å²) >= 11 is 0. The van der Waals surface area contributed by atoms with Gasteiger partial charge in [0.2, 0.25) is 5.91 Å². The molecule has 14 heavy (non-hydrogen) atoms. The maximum absolute atomic E-state index is 10.9. The SMILES string of the molecule is CC(C)(C)CCNC1CCC(=O)NC1. The maximum atomic E-state index is 10.9. The lowest BCUT2D eigenvalue weighted by molar-refractivity contribution is -0.122. The van der Waals surface area contributed by atoms with Crippen LogP contribution in [-0.2, 0) is 4.79 Å². The van der Waals surface area contributed by atoms with Crippen molar-refractivity contribution in [1.82, 2.24) is 10.6 Å². The standard InChI is InChI=1S/C11H22N2O/c1-11(2,3)6-7-12-9-4-5-10(14)13-8-9/h9,12H,4-8H2,1-3H3,(H,13,14). The van der Waals surface area contributed by atoms with Gasteiger partial charge in [-0.2, -0.15) is 0 Å². The van der Waals surface area contributed by atoms with E-state index in [1.165, 1.54) is 6.42 Å². The Morgan fingerprint density at radius 1 is 1.50 bits per heavy atom. The fourth-order valence-corrected chi connectivity index (χ4v) is 1.56. The predicted octanol–water partition coefficient (Wildman–Crippen LogP) is 1.29. The van der Waals surface area contributed by atoms with Crippen LogP contribution in [0.4, 0.5) is 0 Å². The normalized spacial score (nSPS) is 23.4. The molecule has 3 nitrogen and oxygen atoms in total. The number of piperidine rings is 1. The molecule has 1 rings (SSSR count). The smallest absolute Gasteiger partial charge is 0.220 e. The highest BCUT2D eigenvalue weighted by molar-refractivity contribution is 5.76. The van der Waals surface area contributed by atoms with Gasteiger partial charge in [0, 0.05) is 19.0 Å². The highest BCUT2D eigenvalue weighted by Gasteiger charge is 2.17. The van der Waals surface area contributed by atoms with Gasteiger partial charge in [-0.25, -0.2) is 0 Å². The summed E-state index contributed by atoms with van der Waals surface area (Å²) in [5.41, 5.74) is 0.394. The molecule has 1 aliphatic rings. The largest absolute Gasteiger partial charge is 0.355 e. The molecule has 1 heterocycles. The van der Waals surface area contributed by atoms with Crippen molar-refractivity contribution in [3.05, 3.63) is 0 Å². The molecule has 1 unspecified atom stereocenters. The quantitative estimate of drug-likeness (QED) is 0.717. The topological polar surface area (TPSA) is 41.1 Å². The number of nitrogens with one attached hydrogen (secondary N) is 2. The van der Waals surface area contributed by atoms with E-state index in [1.54, 1.807) is 0 Å². The van der Waals surface area contributed by atoms with E-state index < -0.39 is 0 Å². The summed E-state index contributed by atoms with van der Waals surface area (Å²) in [6.07, 6.45) is 2.83. The summed E-state index contributed by atoms with van der Waals surface area (Å²) in [7, 11) is 0. The van der Waals surface area contributed by atoms with E-state index in [-0.39, 0.29) is 5.91 Å². The maximum Gasteiger partial charge on any atom is 0.220 e. The summed E-state index contributed by atoms with van der Waals surface area (Å²) in [6.45, 7) is 8.58. The monoisotopic (exact) mass is 198 g/mol. The minimum absolute atomic E-state index is 0.193. The summed E-state index contributed by atoms with van der Waals surface area (Å²) in [5.74, 6) is 0.193. The van der Waals surface area contributed by atoms with Gasteiger partial charge in [0.1, 0.15) is 0 Å². The summed E-state index contributed by atoms with van der Waals surface area (Å²) < 4.78 is 0. The Bertz CT molecular complexity index is 186. The summed E-state index contributed by atoms with van der Waals surface area (Å²) in [4.78, 5) is 10.9. The fourth-order valence-electron chi connectivity index (χ4n) is 1.56. The fraction of sp³-hybridized carbons (Fsp3) is 0.909. The van der Waals surface area contributed by atoms with Crippen molar-refractivity contribution in [3.8, 4) is 0 Å². The van der Waals surface area contributed by atoms with E-state index in [0.29, 0.717) is 17.9 Å². The van der Waals surface area contributed by atoms with E-state index in [1.807, 2.05) is 0 Å². The molecule has 0 aromatic heterocycles. The molecule has 2 N–H and O–H groups in total. The van der Waals surface area contributed by atoms with Crippen molar-refractivity contribution in [3.63, 3.8) is 0 Å². The second kappa shape index (κ2) is 4.78. The van der Waals surface area contributed by atoms with Gasteiger partial charge in [0.25, 0.3) is 0 Å². The minimum Gasteiger partial charge on any atom is -0.355 e. The van der Waals surface area contributed by atoms with Gasteiger partial charge >= 0.3 is 0 Å². The zero-order valence-corrected chi connectivity index (χ0v) is 9.52. The average molecular weight is 198 g/mol. The molecule has 0 bridgehead atoms.